The van der Waals surface area contributed by atoms with E-state index < -0.39 is 0 Å². The van der Waals surface area contributed by atoms with Gasteiger partial charge >= 0.3 is 0 Å². The number of nitrogens with zero attached hydrogens (tertiary/aromatic N) is 1. The lowest BCUT2D eigenvalue weighted by molar-refractivity contribution is 0.0384. The highest BCUT2D eigenvalue weighted by Crippen LogP contribution is 2.31. The van der Waals surface area contributed by atoms with Gasteiger partial charge in [-0.2, -0.15) is 0 Å². The van der Waals surface area contributed by atoms with Crippen molar-refractivity contribution in [3.8, 4) is 0 Å². The summed E-state index contributed by atoms with van der Waals surface area (Å²) in [6, 6.07) is 6.58. The second kappa shape index (κ2) is 8.56. The first-order chi connectivity index (χ1) is 10.3. The largest absolute Gasteiger partial charge is 0.398 e. The van der Waals surface area contributed by atoms with Crippen LogP contribution in [0.25, 0.3) is 5.57 Å². The number of allylic oxidation sites excluding steroid dienone is 2. The zero-order chi connectivity index (χ0) is 14.5. The van der Waals surface area contributed by atoms with Crippen LogP contribution in [0.15, 0.2) is 24.3 Å². The molecule has 1 aromatic carbocycles. The van der Waals surface area contributed by atoms with Gasteiger partial charge in [0.05, 0.1) is 13.2 Å². The summed E-state index contributed by atoms with van der Waals surface area (Å²) in [5.74, 6) is 0. The van der Waals surface area contributed by atoms with E-state index in [0.29, 0.717) is 0 Å². The highest BCUT2D eigenvalue weighted by molar-refractivity contribution is 5.85. The third kappa shape index (κ3) is 4.48. The molecule has 4 heteroatoms. The van der Waals surface area contributed by atoms with Crippen molar-refractivity contribution in [3.05, 3.63) is 35.4 Å². The van der Waals surface area contributed by atoms with Crippen LogP contribution in [0.3, 0.4) is 0 Å². The Labute approximate surface area is 139 Å². The molecule has 1 aromatic rings. The maximum Gasteiger partial charge on any atom is 0.0594 e. The van der Waals surface area contributed by atoms with E-state index in [-0.39, 0.29) is 12.4 Å². The molecule has 0 spiro atoms. The van der Waals surface area contributed by atoms with E-state index in [1.54, 1.807) is 0 Å². The van der Waals surface area contributed by atoms with Crippen molar-refractivity contribution in [1.82, 2.24) is 4.90 Å². The van der Waals surface area contributed by atoms with Gasteiger partial charge in [-0.3, -0.25) is 4.90 Å². The molecule has 0 aromatic heterocycles. The molecular weight excluding hydrogens is 296 g/mol. The molecule has 122 valence electrons. The van der Waals surface area contributed by atoms with Crippen molar-refractivity contribution in [3.63, 3.8) is 0 Å². The van der Waals surface area contributed by atoms with Gasteiger partial charge in [-0.15, -0.1) is 12.4 Å². The fourth-order valence-corrected chi connectivity index (χ4v) is 3.23. The summed E-state index contributed by atoms with van der Waals surface area (Å²) in [4.78, 5) is 2.49. The van der Waals surface area contributed by atoms with Crippen LogP contribution in [0.5, 0.6) is 0 Å². The fraction of sp³-hybridized carbons (Fsp3) is 0.556. The van der Waals surface area contributed by atoms with Gasteiger partial charge in [0.1, 0.15) is 0 Å². The molecule has 0 radical (unpaired) electrons. The summed E-state index contributed by atoms with van der Waals surface area (Å²) in [7, 11) is 0. The Hall–Kier alpha value is -1.03. The standard InChI is InChI=1S/C18H26N2O.ClH/c19-18-7-6-15(8-9-20-10-12-21-13-11-20)14-17(18)16-4-2-1-3-5-16;/h4,6-7,14H,1-3,5,8-13,19H2;1H. The lowest BCUT2D eigenvalue weighted by Gasteiger charge is -2.26. The Morgan fingerprint density at radius 1 is 1.14 bits per heavy atom. The van der Waals surface area contributed by atoms with Crippen molar-refractivity contribution in [2.24, 2.45) is 0 Å². The van der Waals surface area contributed by atoms with Gasteiger partial charge in [0, 0.05) is 30.9 Å². The van der Waals surface area contributed by atoms with E-state index in [9.17, 15) is 0 Å². The summed E-state index contributed by atoms with van der Waals surface area (Å²) in [5.41, 5.74) is 11.2. The highest BCUT2D eigenvalue weighted by atomic mass is 35.5. The Bertz CT molecular complexity index is 510. The number of anilines is 1. The molecule has 22 heavy (non-hydrogen) atoms. The molecule has 2 N–H and O–H groups in total. The van der Waals surface area contributed by atoms with Crippen LogP contribution in [0.1, 0.15) is 36.8 Å². The Kier molecular flexibility index (Phi) is 6.74. The first-order valence-electron chi connectivity index (χ1n) is 8.21. The lowest BCUT2D eigenvalue weighted by atomic mass is 9.91. The van der Waals surface area contributed by atoms with Crippen LogP contribution >= 0.6 is 12.4 Å². The SMILES string of the molecule is Cl.Nc1ccc(CCN2CCOCC2)cc1C1=CCCCC1. The third-order valence-electron chi connectivity index (χ3n) is 4.58. The number of ether oxygens (including phenoxy) is 1. The second-order valence-corrected chi connectivity index (χ2v) is 6.10. The predicted molar refractivity (Wildman–Crippen MR) is 95.5 cm³/mol. The van der Waals surface area contributed by atoms with Crippen LogP contribution in [0.2, 0.25) is 0 Å². The zero-order valence-corrected chi connectivity index (χ0v) is 14.0. The first kappa shape index (κ1) is 17.3. The number of hydrogen-bond donors (Lipinski definition) is 1. The minimum absolute atomic E-state index is 0. The van der Waals surface area contributed by atoms with Crippen LogP contribution in [0, 0.1) is 0 Å². The quantitative estimate of drug-likeness (QED) is 0.862. The van der Waals surface area contributed by atoms with E-state index in [4.69, 9.17) is 10.5 Å². The molecule has 0 atom stereocenters. The molecule has 1 saturated heterocycles. The molecule has 3 nitrogen and oxygen atoms in total. The minimum Gasteiger partial charge on any atom is -0.398 e. The zero-order valence-electron chi connectivity index (χ0n) is 13.2. The maximum absolute atomic E-state index is 6.19. The van der Waals surface area contributed by atoms with Crippen molar-refractivity contribution in [1.29, 1.82) is 0 Å². The molecule has 0 saturated carbocycles. The van der Waals surface area contributed by atoms with Gasteiger partial charge in [0.15, 0.2) is 0 Å². The van der Waals surface area contributed by atoms with E-state index in [2.05, 4.69) is 29.2 Å². The maximum atomic E-state index is 6.19. The first-order valence-corrected chi connectivity index (χ1v) is 8.21. The van der Waals surface area contributed by atoms with E-state index in [0.717, 1.165) is 45.0 Å². The summed E-state index contributed by atoms with van der Waals surface area (Å²) in [5, 5.41) is 0. The number of hydrogen-bond acceptors (Lipinski definition) is 3. The monoisotopic (exact) mass is 322 g/mol. The van der Waals surface area contributed by atoms with Crippen LogP contribution in [0.4, 0.5) is 5.69 Å². The summed E-state index contributed by atoms with van der Waals surface area (Å²) < 4.78 is 5.40. The molecule has 2 aliphatic rings. The van der Waals surface area contributed by atoms with E-state index in [1.807, 2.05) is 0 Å². The van der Waals surface area contributed by atoms with Crippen molar-refractivity contribution in [2.75, 3.05) is 38.6 Å². The van der Waals surface area contributed by atoms with Gasteiger partial charge in [-0.05, 0) is 55.4 Å². The molecular formula is C18H27ClN2O. The van der Waals surface area contributed by atoms with Gasteiger partial charge < -0.3 is 10.5 Å². The molecule has 3 rings (SSSR count). The molecule has 1 aliphatic heterocycles. The third-order valence-corrected chi connectivity index (χ3v) is 4.58. The second-order valence-electron chi connectivity index (χ2n) is 6.10. The molecule has 0 amide bonds. The predicted octanol–water partition coefficient (Wildman–Crippen LogP) is 3.52. The molecule has 1 aliphatic carbocycles. The Morgan fingerprint density at radius 2 is 1.95 bits per heavy atom. The topological polar surface area (TPSA) is 38.5 Å². The van der Waals surface area contributed by atoms with Gasteiger partial charge in [-0.25, -0.2) is 0 Å². The molecule has 0 unspecified atom stereocenters. The summed E-state index contributed by atoms with van der Waals surface area (Å²) in [6.07, 6.45) is 8.47. The summed E-state index contributed by atoms with van der Waals surface area (Å²) in [6.45, 7) is 4.99. The van der Waals surface area contributed by atoms with Crippen LogP contribution in [-0.2, 0) is 11.2 Å². The van der Waals surface area contributed by atoms with Crippen molar-refractivity contribution in [2.45, 2.75) is 32.1 Å². The number of nitrogens with two attached hydrogens (primary N) is 1. The molecule has 1 heterocycles. The van der Waals surface area contributed by atoms with E-state index in [1.165, 1.54) is 42.4 Å². The molecule has 1 fully saturated rings. The van der Waals surface area contributed by atoms with Crippen molar-refractivity contribution < 1.29 is 4.74 Å². The van der Waals surface area contributed by atoms with Crippen molar-refractivity contribution >= 4 is 23.7 Å². The fourth-order valence-electron chi connectivity index (χ4n) is 3.23. The normalized spacial score (nSPS) is 19.4. The number of rotatable bonds is 4. The summed E-state index contributed by atoms with van der Waals surface area (Å²) >= 11 is 0. The average molecular weight is 323 g/mol. The number of benzene rings is 1. The molecule has 0 bridgehead atoms. The average Bonchev–Trinajstić information content (AvgIpc) is 2.56. The van der Waals surface area contributed by atoms with Crippen LogP contribution < -0.4 is 5.73 Å². The minimum atomic E-state index is 0. The highest BCUT2D eigenvalue weighted by Gasteiger charge is 2.12. The van der Waals surface area contributed by atoms with Crippen LogP contribution in [-0.4, -0.2) is 37.7 Å². The number of halogens is 1. The smallest absolute Gasteiger partial charge is 0.0594 e. The lowest BCUT2D eigenvalue weighted by Crippen LogP contribution is -2.37. The van der Waals surface area contributed by atoms with Gasteiger partial charge in [-0.1, -0.05) is 12.1 Å². The number of morpholine rings is 1. The van der Waals surface area contributed by atoms with Gasteiger partial charge in [0.25, 0.3) is 0 Å². The van der Waals surface area contributed by atoms with E-state index >= 15 is 0 Å². The Morgan fingerprint density at radius 3 is 2.68 bits per heavy atom. The van der Waals surface area contributed by atoms with Gasteiger partial charge in [0.2, 0.25) is 0 Å². The Balaban J connectivity index is 0.00000176. The number of nitrogen functional groups attached to an aromatic ring is 1.